The Morgan fingerprint density at radius 1 is 1.47 bits per heavy atom. The molecule has 0 aromatic heterocycles. The summed E-state index contributed by atoms with van der Waals surface area (Å²) in [6, 6.07) is 0.0815. The van der Waals surface area contributed by atoms with E-state index in [4.69, 9.17) is 10.5 Å². The summed E-state index contributed by atoms with van der Waals surface area (Å²) >= 11 is 0. The zero-order valence-electron chi connectivity index (χ0n) is 11.8. The van der Waals surface area contributed by atoms with Crippen LogP contribution in [0.2, 0.25) is 0 Å². The van der Waals surface area contributed by atoms with E-state index in [2.05, 4.69) is 0 Å². The molecule has 2 fully saturated rings. The van der Waals surface area contributed by atoms with E-state index in [1.165, 1.54) is 0 Å². The fourth-order valence-corrected chi connectivity index (χ4v) is 3.00. The molecule has 2 saturated heterocycles. The third kappa shape index (κ3) is 3.45. The Labute approximate surface area is 114 Å². The second-order valence-corrected chi connectivity index (χ2v) is 5.86. The first-order valence-electron chi connectivity index (χ1n) is 7.00. The summed E-state index contributed by atoms with van der Waals surface area (Å²) in [7, 11) is 3.95. The van der Waals surface area contributed by atoms with Crippen molar-refractivity contribution in [3.63, 3.8) is 0 Å². The number of aliphatic hydroxyl groups is 1. The highest BCUT2D eigenvalue weighted by Gasteiger charge is 2.40. The average molecular weight is 271 g/mol. The number of nitrogens with zero attached hydrogens (tertiary/aromatic N) is 2. The van der Waals surface area contributed by atoms with Crippen molar-refractivity contribution < 1.29 is 14.6 Å². The first kappa shape index (κ1) is 14.7. The van der Waals surface area contributed by atoms with Gasteiger partial charge in [-0.25, -0.2) is 0 Å². The summed E-state index contributed by atoms with van der Waals surface area (Å²) in [5.41, 5.74) is 5.57. The quantitative estimate of drug-likeness (QED) is 0.687. The van der Waals surface area contributed by atoms with E-state index >= 15 is 0 Å². The molecule has 19 heavy (non-hydrogen) atoms. The number of likely N-dealkylation sites (tertiary alicyclic amines) is 1. The smallest absolute Gasteiger partial charge is 0.252 e. The summed E-state index contributed by atoms with van der Waals surface area (Å²) in [4.78, 5) is 16.3. The van der Waals surface area contributed by atoms with Gasteiger partial charge < -0.3 is 25.4 Å². The second kappa shape index (κ2) is 6.17. The zero-order chi connectivity index (χ0) is 14.0. The largest absolute Gasteiger partial charge is 0.391 e. The number of hydrogen-bond acceptors (Lipinski definition) is 5. The fourth-order valence-electron chi connectivity index (χ4n) is 3.00. The van der Waals surface area contributed by atoms with Gasteiger partial charge in [0.05, 0.1) is 12.2 Å². The van der Waals surface area contributed by atoms with Crippen LogP contribution in [0.5, 0.6) is 0 Å². The number of ether oxygens (including phenoxy) is 1. The topological polar surface area (TPSA) is 79.0 Å². The summed E-state index contributed by atoms with van der Waals surface area (Å²) in [6.07, 6.45) is 1.46. The van der Waals surface area contributed by atoms with E-state index in [0.29, 0.717) is 19.5 Å². The standard InChI is InChI=1S/C13H25N3O3/c1-15(2)7-9-5-10(17)8-16(9)13(18)12-4-3-11(6-14)19-12/h9-12,17H,3-8,14H2,1-2H3. The monoisotopic (exact) mass is 271 g/mol. The molecule has 2 aliphatic heterocycles. The molecule has 0 aromatic carbocycles. The van der Waals surface area contributed by atoms with Crippen molar-refractivity contribution in [2.24, 2.45) is 5.73 Å². The normalized spacial score (nSPS) is 35.3. The van der Waals surface area contributed by atoms with Gasteiger partial charge in [0, 0.05) is 25.7 Å². The minimum atomic E-state index is -0.416. The molecule has 1 amide bonds. The molecule has 0 bridgehead atoms. The maximum atomic E-state index is 12.5. The van der Waals surface area contributed by atoms with Crippen LogP contribution in [0, 0.1) is 0 Å². The van der Waals surface area contributed by atoms with Gasteiger partial charge in [0.2, 0.25) is 0 Å². The Hall–Kier alpha value is -0.690. The van der Waals surface area contributed by atoms with Crippen LogP contribution in [-0.4, -0.2) is 78.9 Å². The Morgan fingerprint density at radius 2 is 2.21 bits per heavy atom. The molecule has 0 spiro atoms. The van der Waals surface area contributed by atoms with Crippen LogP contribution in [0.4, 0.5) is 0 Å². The molecule has 2 heterocycles. The molecule has 0 aromatic rings. The highest BCUT2D eigenvalue weighted by Crippen LogP contribution is 2.25. The number of nitrogens with two attached hydrogens (primary N) is 1. The molecule has 0 saturated carbocycles. The molecule has 3 N–H and O–H groups in total. The van der Waals surface area contributed by atoms with Crippen LogP contribution in [0.25, 0.3) is 0 Å². The maximum absolute atomic E-state index is 12.5. The number of amides is 1. The van der Waals surface area contributed by atoms with Gasteiger partial charge >= 0.3 is 0 Å². The van der Waals surface area contributed by atoms with Crippen molar-refractivity contribution >= 4 is 5.91 Å². The molecular formula is C13H25N3O3. The lowest BCUT2D eigenvalue weighted by molar-refractivity contribution is -0.144. The number of carbonyl (C=O) groups excluding carboxylic acids is 1. The molecule has 6 nitrogen and oxygen atoms in total. The van der Waals surface area contributed by atoms with Crippen molar-refractivity contribution in [2.75, 3.05) is 33.7 Å². The number of likely N-dealkylation sites (N-methyl/N-ethyl adjacent to an activating group) is 1. The van der Waals surface area contributed by atoms with E-state index in [1.54, 1.807) is 4.90 Å². The Morgan fingerprint density at radius 3 is 2.79 bits per heavy atom. The zero-order valence-corrected chi connectivity index (χ0v) is 11.8. The average Bonchev–Trinajstić information content (AvgIpc) is 2.94. The van der Waals surface area contributed by atoms with Gasteiger partial charge in [-0.05, 0) is 33.4 Å². The third-order valence-corrected chi connectivity index (χ3v) is 3.90. The van der Waals surface area contributed by atoms with Crippen LogP contribution >= 0.6 is 0 Å². The van der Waals surface area contributed by atoms with Gasteiger partial charge in [-0.3, -0.25) is 4.79 Å². The predicted molar refractivity (Wildman–Crippen MR) is 71.6 cm³/mol. The molecule has 0 aliphatic carbocycles. The Kier molecular flexibility index (Phi) is 4.78. The molecular weight excluding hydrogens is 246 g/mol. The molecule has 0 radical (unpaired) electrons. The maximum Gasteiger partial charge on any atom is 0.252 e. The molecule has 2 rings (SSSR count). The Bertz CT molecular complexity index is 324. The van der Waals surface area contributed by atoms with E-state index in [-0.39, 0.29) is 24.2 Å². The van der Waals surface area contributed by atoms with Crippen molar-refractivity contribution in [3.05, 3.63) is 0 Å². The van der Waals surface area contributed by atoms with Crippen LogP contribution < -0.4 is 5.73 Å². The first-order valence-corrected chi connectivity index (χ1v) is 7.00. The van der Waals surface area contributed by atoms with Crippen molar-refractivity contribution in [2.45, 2.75) is 43.6 Å². The predicted octanol–water partition coefficient (Wildman–Crippen LogP) is -0.984. The summed E-state index contributed by atoms with van der Waals surface area (Å²) < 4.78 is 5.66. The van der Waals surface area contributed by atoms with Crippen molar-refractivity contribution in [1.29, 1.82) is 0 Å². The SMILES string of the molecule is CN(C)CC1CC(O)CN1C(=O)C1CCC(CN)O1. The summed E-state index contributed by atoms with van der Waals surface area (Å²) in [6.45, 7) is 1.66. The lowest BCUT2D eigenvalue weighted by atomic mass is 10.1. The first-order chi connectivity index (χ1) is 9.01. The third-order valence-electron chi connectivity index (χ3n) is 3.90. The molecule has 4 atom stereocenters. The van der Waals surface area contributed by atoms with E-state index < -0.39 is 6.10 Å². The molecule has 6 heteroatoms. The van der Waals surface area contributed by atoms with Gasteiger partial charge in [-0.1, -0.05) is 0 Å². The van der Waals surface area contributed by atoms with E-state index in [0.717, 1.165) is 19.4 Å². The van der Waals surface area contributed by atoms with Gasteiger partial charge in [0.1, 0.15) is 6.10 Å². The number of aliphatic hydroxyl groups excluding tert-OH is 1. The van der Waals surface area contributed by atoms with Gasteiger partial charge in [-0.15, -0.1) is 0 Å². The number of β-amino-alcohol motifs (C(OH)–C–C–N with tert-alkyl or cyclic N) is 1. The lowest BCUT2D eigenvalue weighted by Gasteiger charge is -2.28. The number of rotatable bonds is 4. The number of hydrogen-bond donors (Lipinski definition) is 2. The lowest BCUT2D eigenvalue weighted by Crippen LogP contribution is -2.46. The highest BCUT2D eigenvalue weighted by molar-refractivity contribution is 5.82. The molecule has 2 aliphatic rings. The summed E-state index contributed by atoms with van der Waals surface area (Å²) in [5, 5.41) is 9.80. The van der Waals surface area contributed by atoms with Crippen LogP contribution in [0.15, 0.2) is 0 Å². The van der Waals surface area contributed by atoms with E-state index in [1.807, 2.05) is 19.0 Å². The van der Waals surface area contributed by atoms with Crippen LogP contribution in [-0.2, 0) is 9.53 Å². The van der Waals surface area contributed by atoms with Crippen LogP contribution in [0.3, 0.4) is 0 Å². The molecule has 110 valence electrons. The highest BCUT2D eigenvalue weighted by atomic mass is 16.5. The Balaban J connectivity index is 1.97. The van der Waals surface area contributed by atoms with Gasteiger partial charge in [-0.2, -0.15) is 0 Å². The van der Waals surface area contributed by atoms with Crippen LogP contribution in [0.1, 0.15) is 19.3 Å². The van der Waals surface area contributed by atoms with Crippen molar-refractivity contribution in [1.82, 2.24) is 9.80 Å². The second-order valence-electron chi connectivity index (χ2n) is 5.86. The minimum Gasteiger partial charge on any atom is -0.391 e. The van der Waals surface area contributed by atoms with Gasteiger partial charge in [0.15, 0.2) is 0 Å². The van der Waals surface area contributed by atoms with Gasteiger partial charge in [0.25, 0.3) is 5.91 Å². The fraction of sp³-hybridized carbons (Fsp3) is 0.923. The van der Waals surface area contributed by atoms with Crippen molar-refractivity contribution in [3.8, 4) is 0 Å². The van der Waals surface area contributed by atoms with E-state index in [9.17, 15) is 9.90 Å². The summed E-state index contributed by atoms with van der Waals surface area (Å²) in [5.74, 6) is 0.0133. The minimum absolute atomic E-state index is 0.00813. The molecule has 4 unspecified atom stereocenters. The number of carbonyl (C=O) groups is 1.